The van der Waals surface area contributed by atoms with E-state index in [4.69, 9.17) is 11.6 Å². The van der Waals surface area contributed by atoms with Crippen molar-refractivity contribution in [3.05, 3.63) is 0 Å². The predicted molar refractivity (Wildman–Crippen MR) is 73.5 cm³/mol. The van der Waals surface area contributed by atoms with Crippen LogP contribution in [-0.4, -0.2) is 37.9 Å². The fourth-order valence-electron chi connectivity index (χ4n) is 2.31. The van der Waals surface area contributed by atoms with E-state index in [-0.39, 0.29) is 17.2 Å². The fourth-order valence-corrected chi connectivity index (χ4v) is 3.93. The van der Waals surface area contributed by atoms with Crippen molar-refractivity contribution in [1.82, 2.24) is 5.32 Å². The number of alkyl halides is 1. The number of sulfone groups is 1. The van der Waals surface area contributed by atoms with E-state index < -0.39 is 9.84 Å². The number of nitrogens with one attached hydrogen (secondary N) is 1. The highest BCUT2D eigenvalue weighted by Crippen LogP contribution is 2.22. The van der Waals surface area contributed by atoms with Crippen molar-refractivity contribution in [2.24, 2.45) is 0 Å². The van der Waals surface area contributed by atoms with Crippen LogP contribution in [0.5, 0.6) is 0 Å². The summed E-state index contributed by atoms with van der Waals surface area (Å²) in [5, 5.41) is 3.47. The van der Waals surface area contributed by atoms with E-state index in [0.29, 0.717) is 18.7 Å². The second-order valence-electron chi connectivity index (χ2n) is 4.87. The Morgan fingerprint density at radius 2 is 1.88 bits per heavy atom. The average molecular weight is 282 g/mol. The average Bonchev–Trinajstić information content (AvgIpc) is 2.44. The molecule has 1 rings (SSSR count). The van der Waals surface area contributed by atoms with Crippen LogP contribution in [0.1, 0.15) is 45.4 Å². The van der Waals surface area contributed by atoms with Crippen LogP contribution in [0.2, 0.25) is 0 Å². The summed E-state index contributed by atoms with van der Waals surface area (Å²) in [6, 6.07) is 0.288. The van der Waals surface area contributed by atoms with Gasteiger partial charge in [-0.2, -0.15) is 0 Å². The molecule has 0 aromatic heterocycles. The molecule has 1 aliphatic rings. The maximum absolute atomic E-state index is 11.5. The number of rotatable bonds is 6. The molecule has 5 heteroatoms. The smallest absolute Gasteiger partial charge is 0.151 e. The molecule has 0 spiro atoms. The summed E-state index contributed by atoms with van der Waals surface area (Å²) in [7, 11) is -2.86. The third kappa shape index (κ3) is 6.07. The SMILES string of the molecule is CCCS(=O)(=O)CCNC1CCCCCC1Cl. The highest BCUT2D eigenvalue weighted by molar-refractivity contribution is 7.91. The second-order valence-corrected chi connectivity index (χ2v) is 7.73. The third-order valence-electron chi connectivity index (χ3n) is 3.27. The van der Waals surface area contributed by atoms with E-state index >= 15 is 0 Å². The van der Waals surface area contributed by atoms with E-state index in [9.17, 15) is 8.42 Å². The number of hydrogen-bond acceptors (Lipinski definition) is 3. The van der Waals surface area contributed by atoms with Crippen LogP contribution in [0.15, 0.2) is 0 Å². The van der Waals surface area contributed by atoms with Crippen LogP contribution in [0.4, 0.5) is 0 Å². The largest absolute Gasteiger partial charge is 0.312 e. The Morgan fingerprint density at radius 1 is 1.18 bits per heavy atom. The topological polar surface area (TPSA) is 46.2 Å². The Bertz CT molecular complexity index is 306. The first-order valence-corrected chi connectivity index (χ1v) is 8.89. The van der Waals surface area contributed by atoms with Crippen LogP contribution in [0, 0.1) is 0 Å². The Hall–Kier alpha value is 0.200. The molecule has 0 saturated heterocycles. The third-order valence-corrected chi connectivity index (χ3v) is 5.65. The zero-order valence-electron chi connectivity index (χ0n) is 10.6. The zero-order valence-corrected chi connectivity index (χ0v) is 12.2. The lowest BCUT2D eigenvalue weighted by Gasteiger charge is -2.21. The second kappa shape index (κ2) is 7.59. The van der Waals surface area contributed by atoms with Crippen molar-refractivity contribution in [2.45, 2.75) is 56.9 Å². The Labute approximate surface area is 110 Å². The van der Waals surface area contributed by atoms with Crippen LogP contribution in [-0.2, 0) is 9.84 Å². The van der Waals surface area contributed by atoms with Crippen molar-refractivity contribution in [3.8, 4) is 0 Å². The number of halogens is 1. The molecular weight excluding hydrogens is 258 g/mol. The molecule has 17 heavy (non-hydrogen) atoms. The van der Waals surface area contributed by atoms with Gasteiger partial charge < -0.3 is 5.32 Å². The lowest BCUT2D eigenvalue weighted by Crippen LogP contribution is -2.39. The van der Waals surface area contributed by atoms with E-state index in [0.717, 1.165) is 12.8 Å². The van der Waals surface area contributed by atoms with Crippen LogP contribution >= 0.6 is 11.6 Å². The lowest BCUT2D eigenvalue weighted by molar-refractivity contribution is 0.477. The summed E-state index contributed by atoms with van der Waals surface area (Å²) in [6.07, 6.45) is 6.45. The molecule has 0 aliphatic heterocycles. The van der Waals surface area contributed by atoms with Gasteiger partial charge in [0.05, 0.1) is 5.75 Å². The molecule has 2 atom stereocenters. The quantitative estimate of drug-likeness (QED) is 0.600. The Kier molecular flexibility index (Phi) is 6.82. The number of hydrogen-bond donors (Lipinski definition) is 1. The summed E-state index contributed by atoms with van der Waals surface area (Å²) in [5.41, 5.74) is 0. The van der Waals surface area contributed by atoms with Crippen LogP contribution in [0.3, 0.4) is 0 Å². The summed E-state index contributed by atoms with van der Waals surface area (Å²) < 4.78 is 23.1. The van der Waals surface area contributed by atoms with Crippen LogP contribution in [0.25, 0.3) is 0 Å². The maximum atomic E-state index is 11.5. The monoisotopic (exact) mass is 281 g/mol. The molecule has 2 unspecified atom stereocenters. The van der Waals surface area contributed by atoms with Gasteiger partial charge in [0.15, 0.2) is 9.84 Å². The van der Waals surface area contributed by atoms with Gasteiger partial charge in [-0.05, 0) is 19.3 Å². The van der Waals surface area contributed by atoms with Gasteiger partial charge in [-0.15, -0.1) is 11.6 Å². The summed E-state index contributed by atoms with van der Waals surface area (Å²) in [6.45, 7) is 2.43. The first kappa shape index (κ1) is 15.3. The molecule has 3 nitrogen and oxygen atoms in total. The molecule has 0 aromatic carbocycles. The van der Waals surface area contributed by atoms with E-state index in [1.165, 1.54) is 19.3 Å². The first-order valence-electron chi connectivity index (χ1n) is 6.63. The van der Waals surface area contributed by atoms with Gasteiger partial charge in [0.25, 0.3) is 0 Å². The van der Waals surface area contributed by atoms with Gasteiger partial charge >= 0.3 is 0 Å². The first-order chi connectivity index (χ1) is 8.05. The minimum absolute atomic E-state index is 0.159. The van der Waals surface area contributed by atoms with Gasteiger partial charge in [0.1, 0.15) is 0 Å². The zero-order chi connectivity index (χ0) is 12.7. The molecule has 1 saturated carbocycles. The van der Waals surface area contributed by atoms with Gasteiger partial charge in [-0.3, -0.25) is 0 Å². The van der Waals surface area contributed by atoms with Gasteiger partial charge in [0.2, 0.25) is 0 Å². The van der Waals surface area contributed by atoms with Crippen molar-refractivity contribution in [2.75, 3.05) is 18.1 Å². The molecule has 1 N–H and O–H groups in total. The minimum Gasteiger partial charge on any atom is -0.312 e. The highest BCUT2D eigenvalue weighted by atomic mass is 35.5. The van der Waals surface area contributed by atoms with E-state index in [1.54, 1.807) is 0 Å². The summed E-state index contributed by atoms with van der Waals surface area (Å²) >= 11 is 6.29. The standard InChI is InChI=1S/C12H24ClNO2S/c1-2-9-17(15,16)10-8-14-12-7-5-3-4-6-11(12)13/h11-12,14H,2-10H2,1H3. The molecule has 0 bridgehead atoms. The van der Waals surface area contributed by atoms with Crippen molar-refractivity contribution in [3.63, 3.8) is 0 Å². The van der Waals surface area contributed by atoms with Crippen molar-refractivity contribution >= 4 is 21.4 Å². The molecule has 0 heterocycles. The molecule has 0 amide bonds. The normalized spacial score (nSPS) is 26.7. The predicted octanol–water partition coefficient (Wildman–Crippen LogP) is 2.34. The molecular formula is C12H24ClNO2S. The maximum Gasteiger partial charge on any atom is 0.151 e. The van der Waals surface area contributed by atoms with E-state index in [1.807, 2.05) is 6.92 Å². The van der Waals surface area contributed by atoms with Gasteiger partial charge in [-0.1, -0.05) is 26.2 Å². The Balaban J connectivity index is 2.29. The molecule has 1 aliphatic carbocycles. The molecule has 102 valence electrons. The van der Waals surface area contributed by atoms with E-state index in [2.05, 4.69) is 5.32 Å². The highest BCUT2D eigenvalue weighted by Gasteiger charge is 2.21. The Morgan fingerprint density at radius 3 is 2.59 bits per heavy atom. The molecule has 0 aromatic rings. The molecule has 0 radical (unpaired) electrons. The van der Waals surface area contributed by atoms with Crippen LogP contribution < -0.4 is 5.32 Å². The van der Waals surface area contributed by atoms with Gasteiger partial charge in [-0.25, -0.2) is 8.42 Å². The van der Waals surface area contributed by atoms with Crippen molar-refractivity contribution in [1.29, 1.82) is 0 Å². The summed E-state index contributed by atoms with van der Waals surface area (Å²) in [4.78, 5) is 0. The fraction of sp³-hybridized carbons (Fsp3) is 1.00. The lowest BCUT2D eigenvalue weighted by atomic mass is 10.1. The minimum atomic E-state index is -2.86. The summed E-state index contributed by atoms with van der Waals surface area (Å²) in [5.74, 6) is 0.532. The van der Waals surface area contributed by atoms with Gasteiger partial charge in [0, 0.05) is 23.7 Å². The molecule has 1 fully saturated rings. The van der Waals surface area contributed by atoms with Crippen molar-refractivity contribution < 1.29 is 8.42 Å².